The van der Waals surface area contributed by atoms with Crippen molar-refractivity contribution in [2.24, 2.45) is 11.7 Å². The average molecular weight is 264 g/mol. The number of hydrogen-bond donors (Lipinski definition) is 2. The number of nitrogens with two attached hydrogens (primary N) is 1. The first-order valence-electron chi connectivity index (χ1n) is 5.91. The van der Waals surface area contributed by atoms with E-state index in [-0.39, 0.29) is 22.9 Å². The van der Waals surface area contributed by atoms with E-state index in [4.69, 9.17) is 22.7 Å². The van der Waals surface area contributed by atoms with Crippen LogP contribution in [-0.2, 0) is 9.53 Å². The first kappa shape index (κ1) is 13.0. The van der Waals surface area contributed by atoms with Gasteiger partial charge in [0.2, 0.25) is 5.91 Å². The Morgan fingerprint density at radius 3 is 2.83 bits per heavy atom. The molecule has 1 saturated heterocycles. The molecule has 1 aromatic rings. The molecule has 1 aromatic carbocycles. The normalized spacial score (nSPS) is 22.7. The summed E-state index contributed by atoms with van der Waals surface area (Å²) >= 11 is 4.96. The third kappa shape index (κ3) is 2.68. The van der Waals surface area contributed by atoms with Crippen molar-refractivity contribution in [3.05, 3.63) is 29.8 Å². The molecule has 3 N–H and O–H groups in total. The number of anilines is 1. The molecule has 0 aliphatic carbocycles. The second-order valence-corrected chi connectivity index (χ2v) is 4.81. The minimum absolute atomic E-state index is 0.0382. The Morgan fingerprint density at radius 1 is 1.50 bits per heavy atom. The monoisotopic (exact) mass is 264 g/mol. The molecule has 0 spiro atoms. The van der Waals surface area contributed by atoms with E-state index >= 15 is 0 Å². The summed E-state index contributed by atoms with van der Waals surface area (Å²) < 4.78 is 5.39. The smallest absolute Gasteiger partial charge is 0.230 e. The zero-order valence-electron chi connectivity index (χ0n) is 10.2. The molecule has 4 nitrogen and oxygen atoms in total. The molecular weight excluding hydrogens is 248 g/mol. The average Bonchev–Trinajstić information content (AvgIpc) is 2.76. The number of carbonyl (C=O) groups is 1. The van der Waals surface area contributed by atoms with E-state index in [1.165, 1.54) is 0 Å². The van der Waals surface area contributed by atoms with Gasteiger partial charge in [-0.25, -0.2) is 0 Å². The Hall–Kier alpha value is -1.46. The molecule has 96 valence electrons. The second-order valence-electron chi connectivity index (χ2n) is 4.37. The summed E-state index contributed by atoms with van der Waals surface area (Å²) in [6.45, 7) is 2.55. The quantitative estimate of drug-likeness (QED) is 0.815. The number of benzene rings is 1. The van der Waals surface area contributed by atoms with Crippen molar-refractivity contribution in [2.75, 3.05) is 11.9 Å². The van der Waals surface area contributed by atoms with E-state index in [0.717, 1.165) is 6.42 Å². The van der Waals surface area contributed by atoms with Gasteiger partial charge in [0.25, 0.3) is 0 Å². The van der Waals surface area contributed by atoms with Crippen molar-refractivity contribution < 1.29 is 9.53 Å². The van der Waals surface area contributed by atoms with Gasteiger partial charge in [-0.05, 0) is 25.5 Å². The summed E-state index contributed by atoms with van der Waals surface area (Å²) in [6, 6.07) is 7.27. The van der Waals surface area contributed by atoms with Gasteiger partial charge in [-0.3, -0.25) is 4.79 Å². The van der Waals surface area contributed by atoms with Gasteiger partial charge in [-0.2, -0.15) is 0 Å². The predicted molar refractivity (Wildman–Crippen MR) is 74.5 cm³/mol. The minimum atomic E-state index is -0.107. The fraction of sp³-hybridized carbons (Fsp3) is 0.385. The molecule has 2 unspecified atom stereocenters. The van der Waals surface area contributed by atoms with Crippen LogP contribution in [0.3, 0.4) is 0 Å². The van der Waals surface area contributed by atoms with E-state index in [1.54, 1.807) is 12.1 Å². The molecule has 18 heavy (non-hydrogen) atoms. The van der Waals surface area contributed by atoms with Crippen LogP contribution >= 0.6 is 12.2 Å². The van der Waals surface area contributed by atoms with Gasteiger partial charge in [0.1, 0.15) is 4.99 Å². The highest BCUT2D eigenvalue weighted by atomic mass is 32.1. The highest BCUT2D eigenvalue weighted by molar-refractivity contribution is 7.80. The summed E-state index contributed by atoms with van der Waals surface area (Å²) in [5.41, 5.74) is 6.98. The maximum Gasteiger partial charge on any atom is 0.230 e. The Labute approximate surface area is 112 Å². The van der Waals surface area contributed by atoms with E-state index in [0.29, 0.717) is 17.9 Å². The van der Waals surface area contributed by atoms with Gasteiger partial charge in [0.05, 0.1) is 17.7 Å². The number of carbonyl (C=O) groups excluding carboxylic acids is 1. The summed E-state index contributed by atoms with van der Waals surface area (Å²) in [5.74, 6) is -0.145. The van der Waals surface area contributed by atoms with Crippen LogP contribution in [0.5, 0.6) is 0 Å². The van der Waals surface area contributed by atoms with Gasteiger partial charge in [0.15, 0.2) is 0 Å². The Balaban J connectivity index is 2.14. The van der Waals surface area contributed by atoms with E-state index in [2.05, 4.69) is 5.32 Å². The molecule has 0 aromatic heterocycles. The number of amides is 1. The number of thiocarbonyl (C=S) groups is 1. The highest BCUT2D eigenvalue weighted by Crippen LogP contribution is 2.23. The molecular formula is C13H16N2O2S. The zero-order chi connectivity index (χ0) is 13.1. The standard InChI is InChI=1S/C13H16N2O2S/c1-8-9(6-7-17-8)13(16)15-11-5-3-2-4-10(11)12(14)18/h2-5,8-9H,6-7H2,1H3,(H2,14,18)(H,15,16). The molecule has 1 aliphatic heterocycles. The van der Waals surface area contributed by atoms with Gasteiger partial charge in [-0.15, -0.1) is 0 Å². The lowest BCUT2D eigenvalue weighted by atomic mass is 10.0. The Bertz CT molecular complexity index is 476. The number of nitrogens with one attached hydrogen (secondary N) is 1. The molecule has 2 rings (SSSR count). The third-order valence-electron chi connectivity index (χ3n) is 3.16. The van der Waals surface area contributed by atoms with Crippen molar-refractivity contribution in [2.45, 2.75) is 19.4 Å². The van der Waals surface area contributed by atoms with Crippen LogP contribution in [0.2, 0.25) is 0 Å². The predicted octanol–water partition coefficient (Wildman–Crippen LogP) is 1.68. The van der Waals surface area contributed by atoms with E-state index in [9.17, 15) is 4.79 Å². The summed E-state index contributed by atoms with van der Waals surface area (Å²) in [5, 5.41) is 2.88. The van der Waals surface area contributed by atoms with Crippen LogP contribution in [0.1, 0.15) is 18.9 Å². The van der Waals surface area contributed by atoms with Crippen molar-refractivity contribution in [1.82, 2.24) is 0 Å². The van der Waals surface area contributed by atoms with Crippen LogP contribution in [0, 0.1) is 5.92 Å². The van der Waals surface area contributed by atoms with Gasteiger partial charge in [-0.1, -0.05) is 24.4 Å². The first-order chi connectivity index (χ1) is 8.59. The lowest BCUT2D eigenvalue weighted by Gasteiger charge is -2.15. The zero-order valence-corrected chi connectivity index (χ0v) is 11.0. The number of ether oxygens (including phenoxy) is 1. The minimum Gasteiger partial charge on any atom is -0.389 e. The highest BCUT2D eigenvalue weighted by Gasteiger charge is 2.30. The molecule has 0 bridgehead atoms. The van der Waals surface area contributed by atoms with E-state index in [1.807, 2.05) is 19.1 Å². The fourth-order valence-corrected chi connectivity index (χ4v) is 2.29. The lowest BCUT2D eigenvalue weighted by Crippen LogP contribution is -2.28. The molecule has 1 amide bonds. The largest absolute Gasteiger partial charge is 0.389 e. The molecule has 0 radical (unpaired) electrons. The Kier molecular flexibility index (Phi) is 3.93. The summed E-state index contributed by atoms with van der Waals surface area (Å²) in [7, 11) is 0. The number of hydrogen-bond acceptors (Lipinski definition) is 3. The van der Waals surface area contributed by atoms with Crippen molar-refractivity contribution >= 4 is 28.8 Å². The Morgan fingerprint density at radius 2 is 2.22 bits per heavy atom. The first-order valence-corrected chi connectivity index (χ1v) is 6.31. The van der Waals surface area contributed by atoms with Crippen molar-refractivity contribution in [1.29, 1.82) is 0 Å². The summed E-state index contributed by atoms with van der Waals surface area (Å²) in [4.78, 5) is 12.4. The van der Waals surface area contributed by atoms with Gasteiger partial charge < -0.3 is 15.8 Å². The van der Waals surface area contributed by atoms with Crippen LogP contribution in [0.4, 0.5) is 5.69 Å². The number of rotatable bonds is 3. The van der Waals surface area contributed by atoms with E-state index < -0.39 is 0 Å². The lowest BCUT2D eigenvalue weighted by molar-refractivity contribution is -0.121. The van der Waals surface area contributed by atoms with Gasteiger partial charge >= 0.3 is 0 Å². The number of para-hydroxylation sites is 1. The van der Waals surface area contributed by atoms with Crippen LogP contribution < -0.4 is 11.1 Å². The SMILES string of the molecule is CC1OCCC1C(=O)Nc1ccccc1C(N)=S. The summed E-state index contributed by atoms with van der Waals surface area (Å²) in [6.07, 6.45) is 0.712. The molecule has 1 fully saturated rings. The van der Waals surface area contributed by atoms with Crippen molar-refractivity contribution in [3.63, 3.8) is 0 Å². The maximum absolute atomic E-state index is 12.1. The molecule has 5 heteroatoms. The molecule has 1 heterocycles. The third-order valence-corrected chi connectivity index (χ3v) is 3.38. The topological polar surface area (TPSA) is 64.3 Å². The molecule has 2 atom stereocenters. The molecule has 1 aliphatic rings. The van der Waals surface area contributed by atoms with Crippen LogP contribution in [0.25, 0.3) is 0 Å². The maximum atomic E-state index is 12.1. The fourth-order valence-electron chi connectivity index (χ4n) is 2.11. The van der Waals surface area contributed by atoms with Crippen LogP contribution in [0.15, 0.2) is 24.3 Å². The second kappa shape index (κ2) is 5.46. The molecule has 0 saturated carbocycles. The van der Waals surface area contributed by atoms with Crippen molar-refractivity contribution in [3.8, 4) is 0 Å². The van der Waals surface area contributed by atoms with Gasteiger partial charge in [0, 0.05) is 12.2 Å². The van der Waals surface area contributed by atoms with Crippen LogP contribution in [-0.4, -0.2) is 23.6 Å².